The van der Waals surface area contributed by atoms with Crippen LogP contribution in [0.1, 0.15) is 19.8 Å². The van der Waals surface area contributed by atoms with Crippen molar-refractivity contribution in [3.63, 3.8) is 0 Å². The Kier molecular flexibility index (Phi) is 3.63. The highest BCUT2D eigenvalue weighted by molar-refractivity contribution is 8.01. The van der Waals surface area contributed by atoms with Crippen molar-refractivity contribution < 1.29 is 9.59 Å². The van der Waals surface area contributed by atoms with Crippen LogP contribution in [-0.2, 0) is 9.59 Å². The van der Waals surface area contributed by atoms with Gasteiger partial charge in [-0.15, -0.1) is 10.2 Å². The number of thioether (sulfide) groups is 1. The lowest BCUT2D eigenvalue weighted by Gasteiger charge is -2.15. The summed E-state index contributed by atoms with van der Waals surface area (Å²) < 4.78 is 0.658. The number of primary amides is 1. The molecule has 0 aromatic carbocycles. The molecule has 1 fully saturated rings. The van der Waals surface area contributed by atoms with Crippen LogP contribution in [0.15, 0.2) is 4.34 Å². The number of nitrogens with zero attached hydrogens (tertiary/aromatic N) is 3. The van der Waals surface area contributed by atoms with E-state index in [9.17, 15) is 9.59 Å². The molecule has 0 aliphatic heterocycles. The minimum Gasteiger partial charge on any atom is -0.369 e. The fourth-order valence-corrected chi connectivity index (χ4v) is 3.07. The highest BCUT2D eigenvalue weighted by Gasteiger charge is 2.34. The largest absolute Gasteiger partial charge is 0.369 e. The molecule has 0 radical (unpaired) electrons. The van der Waals surface area contributed by atoms with Crippen molar-refractivity contribution in [1.82, 2.24) is 10.2 Å². The first-order valence-electron chi connectivity index (χ1n) is 5.12. The second-order valence-electron chi connectivity index (χ2n) is 3.73. The van der Waals surface area contributed by atoms with Gasteiger partial charge in [0.25, 0.3) is 0 Å². The van der Waals surface area contributed by atoms with Gasteiger partial charge in [0.1, 0.15) is 0 Å². The molecular weight excluding hydrogens is 260 g/mol. The number of nitrogens with two attached hydrogens (primary N) is 1. The van der Waals surface area contributed by atoms with Gasteiger partial charge < -0.3 is 5.73 Å². The predicted molar refractivity (Wildman–Crippen MR) is 66.0 cm³/mol. The smallest absolute Gasteiger partial charge is 0.227 e. The quantitative estimate of drug-likeness (QED) is 0.627. The number of anilines is 1. The summed E-state index contributed by atoms with van der Waals surface area (Å²) >= 11 is 2.56. The van der Waals surface area contributed by atoms with E-state index >= 15 is 0 Å². The van der Waals surface area contributed by atoms with Crippen molar-refractivity contribution in [3.05, 3.63) is 0 Å². The summed E-state index contributed by atoms with van der Waals surface area (Å²) in [6.07, 6.45) is 2.03. The van der Waals surface area contributed by atoms with Crippen molar-refractivity contribution in [2.45, 2.75) is 30.1 Å². The van der Waals surface area contributed by atoms with E-state index in [0.29, 0.717) is 9.47 Å². The van der Waals surface area contributed by atoms with E-state index in [1.165, 1.54) is 30.0 Å². The summed E-state index contributed by atoms with van der Waals surface area (Å²) in [5.41, 5.74) is 5.05. The van der Waals surface area contributed by atoms with Crippen molar-refractivity contribution in [2.24, 2.45) is 5.73 Å². The Bertz CT molecular complexity index is 444. The van der Waals surface area contributed by atoms with Crippen LogP contribution in [0.2, 0.25) is 0 Å². The van der Waals surface area contributed by atoms with E-state index in [2.05, 4.69) is 10.2 Å². The number of carbonyl (C=O) groups excluding carboxylic acids is 2. The molecule has 0 saturated heterocycles. The molecule has 1 heterocycles. The maximum atomic E-state index is 11.5. The molecular formula is C9H12N4O2S2. The predicted octanol–water partition coefficient (Wildman–Crippen LogP) is 0.631. The van der Waals surface area contributed by atoms with Crippen LogP contribution >= 0.6 is 23.1 Å². The Morgan fingerprint density at radius 3 is 2.76 bits per heavy atom. The van der Waals surface area contributed by atoms with E-state index in [-0.39, 0.29) is 17.7 Å². The van der Waals surface area contributed by atoms with Gasteiger partial charge in [0.2, 0.25) is 16.9 Å². The van der Waals surface area contributed by atoms with Gasteiger partial charge >= 0.3 is 0 Å². The monoisotopic (exact) mass is 272 g/mol. The molecule has 1 aromatic heterocycles. The Morgan fingerprint density at radius 1 is 1.53 bits per heavy atom. The molecule has 2 N–H and O–H groups in total. The standard InChI is InChI=1S/C9H12N4O2S2/c1-5(14)13(6-2-3-6)8-11-12-9(17-8)16-4-7(10)15/h6H,2-4H2,1H3,(H2,10,15). The van der Waals surface area contributed by atoms with Crippen molar-refractivity contribution in [1.29, 1.82) is 0 Å². The third-order valence-electron chi connectivity index (χ3n) is 2.19. The zero-order valence-corrected chi connectivity index (χ0v) is 10.9. The van der Waals surface area contributed by atoms with Crippen molar-refractivity contribution in [2.75, 3.05) is 10.7 Å². The van der Waals surface area contributed by atoms with Crippen LogP contribution in [0.4, 0.5) is 5.13 Å². The summed E-state index contributed by atoms with van der Waals surface area (Å²) in [7, 11) is 0. The molecule has 2 rings (SSSR count). The molecule has 1 aromatic rings. The van der Waals surface area contributed by atoms with Gasteiger partial charge in [-0.05, 0) is 12.8 Å². The maximum Gasteiger partial charge on any atom is 0.227 e. The minimum atomic E-state index is -0.391. The lowest BCUT2D eigenvalue weighted by molar-refractivity contribution is -0.117. The number of amides is 2. The summed E-state index contributed by atoms with van der Waals surface area (Å²) in [4.78, 5) is 23.8. The fourth-order valence-electron chi connectivity index (χ4n) is 1.37. The molecule has 1 aliphatic carbocycles. The first-order valence-corrected chi connectivity index (χ1v) is 6.92. The van der Waals surface area contributed by atoms with E-state index in [4.69, 9.17) is 5.73 Å². The van der Waals surface area contributed by atoms with Crippen LogP contribution in [0.5, 0.6) is 0 Å². The second kappa shape index (κ2) is 5.01. The van der Waals surface area contributed by atoms with Crippen LogP contribution < -0.4 is 10.6 Å². The highest BCUT2D eigenvalue weighted by atomic mass is 32.2. The van der Waals surface area contributed by atoms with Crippen LogP contribution in [0, 0.1) is 0 Å². The Hall–Kier alpha value is -1.15. The molecule has 1 saturated carbocycles. The lowest BCUT2D eigenvalue weighted by Crippen LogP contribution is -2.30. The van der Waals surface area contributed by atoms with E-state index in [1.54, 1.807) is 4.90 Å². The summed E-state index contributed by atoms with van der Waals surface area (Å²) in [6.45, 7) is 1.52. The first-order chi connectivity index (χ1) is 8.08. The average Bonchev–Trinajstić information content (AvgIpc) is 2.94. The van der Waals surface area contributed by atoms with Gasteiger partial charge in [0.15, 0.2) is 4.34 Å². The molecule has 0 unspecified atom stereocenters. The first kappa shape index (κ1) is 12.3. The molecule has 2 amide bonds. The van der Waals surface area contributed by atoms with Gasteiger partial charge in [0, 0.05) is 13.0 Å². The topological polar surface area (TPSA) is 89.2 Å². The number of carbonyl (C=O) groups is 2. The molecule has 1 aliphatic rings. The number of hydrogen-bond donors (Lipinski definition) is 1. The maximum absolute atomic E-state index is 11.5. The number of hydrogen-bond acceptors (Lipinski definition) is 6. The van der Waals surface area contributed by atoms with E-state index in [0.717, 1.165) is 12.8 Å². The Morgan fingerprint density at radius 2 is 2.24 bits per heavy atom. The Balaban J connectivity index is 2.05. The van der Waals surface area contributed by atoms with Gasteiger partial charge in [-0.25, -0.2) is 0 Å². The highest BCUT2D eigenvalue weighted by Crippen LogP contribution is 2.35. The van der Waals surface area contributed by atoms with Crippen LogP contribution in [0.3, 0.4) is 0 Å². The van der Waals surface area contributed by atoms with Gasteiger partial charge in [-0.3, -0.25) is 14.5 Å². The van der Waals surface area contributed by atoms with Crippen LogP contribution in [-0.4, -0.2) is 33.8 Å². The van der Waals surface area contributed by atoms with Gasteiger partial charge in [0.05, 0.1) is 5.75 Å². The van der Waals surface area contributed by atoms with Gasteiger partial charge in [-0.1, -0.05) is 23.1 Å². The second-order valence-corrected chi connectivity index (χ2v) is 5.90. The van der Waals surface area contributed by atoms with Gasteiger partial charge in [-0.2, -0.15) is 0 Å². The summed E-state index contributed by atoms with van der Waals surface area (Å²) in [6, 6.07) is 0.273. The van der Waals surface area contributed by atoms with Crippen molar-refractivity contribution in [3.8, 4) is 0 Å². The SMILES string of the molecule is CC(=O)N(c1nnc(SCC(N)=O)s1)C1CC1. The molecule has 0 bridgehead atoms. The van der Waals surface area contributed by atoms with E-state index < -0.39 is 5.91 Å². The molecule has 17 heavy (non-hydrogen) atoms. The zero-order chi connectivity index (χ0) is 12.4. The molecule has 92 valence electrons. The third-order valence-corrected chi connectivity index (χ3v) is 4.27. The van der Waals surface area contributed by atoms with E-state index in [1.807, 2.05) is 0 Å². The average molecular weight is 272 g/mol. The molecule has 6 nitrogen and oxygen atoms in total. The molecule has 0 spiro atoms. The normalized spacial score (nSPS) is 14.6. The number of aromatic nitrogens is 2. The lowest BCUT2D eigenvalue weighted by atomic mass is 10.5. The number of rotatable bonds is 5. The summed E-state index contributed by atoms with van der Waals surface area (Å²) in [5.74, 6) is -0.231. The zero-order valence-electron chi connectivity index (χ0n) is 9.25. The Labute approximate surface area is 107 Å². The minimum absolute atomic E-state index is 0.0184. The van der Waals surface area contributed by atoms with Crippen molar-refractivity contribution >= 4 is 40.0 Å². The summed E-state index contributed by atoms with van der Waals surface area (Å²) in [5, 5.41) is 8.51. The molecule has 0 atom stereocenters. The molecule has 8 heteroatoms. The fraction of sp³-hybridized carbons (Fsp3) is 0.556. The third kappa shape index (κ3) is 3.16. The van der Waals surface area contributed by atoms with Crippen LogP contribution in [0.25, 0.3) is 0 Å².